The average molecular weight is 308 g/mol. The van der Waals surface area contributed by atoms with E-state index in [9.17, 15) is 13.2 Å². The van der Waals surface area contributed by atoms with Crippen molar-refractivity contribution in [2.24, 2.45) is 5.73 Å². The van der Waals surface area contributed by atoms with Crippen molar-refractivity contribution in [2.45, 2.75) is 43.9 Å². The molecule has 0 aromatic rings. The molecule has 1 aliphatic rings. The van der Waals surface area contributed by atoms with Crippen LogP contribution in [0.4, 0.5) is 0 Å². The van der Waals surface area contributed by atoms with Gasteiger partial charge in [0.1, 0.15) is 0 Å². The highest BCUT2D eigenvalue weighted by atomic mass is 32.2. The Balaban J connectivity index is 2.26. The lowest BCUT2D eigenvalue weighted by atomic mass is 9.94. The Morgan fingerprint density at radius 1 is 1.42 bits per heavy atom. The molecule has 1 aliphatic heterocycles. The van der Waals surface area contributed by atoms with E-state index >= 15 is 0 Å². The van der Waals surface area contributed by atoms with Crippen molar-refractivity contribution < 1.29 is 13.2 Å². The maximum Gasteiger partial charge on any atom is 0.230 e. The topological polar surface area (TPSA) is 89.3 Å². The van der Waals surface area contributed by atoms with E-state index < -0.39 is 9.84 Å². The van der Waals surface area contributed by atoms with Crippen LogP contribution < -0.4 is 11.1 Å². The highest BCUT2D eigenvalue weighted by Crippen LogP contribution is 2.24. The van der Waals surface area contributed by atoms with E-state index in [1.807, 2.05) is 13.8 Å². The minimum Gasteiger partial charge on any atom is -0.354 e. The average Bonchev–Trinajstić information content (AvgIpc) is 2.73. The van der Waals surface area contributed by atoms with Crippen LogP contribution in [0.3, 0.4) is 0 Å². The van der Waals surface area contributed by atoms with Crippen LogP contribution in [-0.2, 0) is 14.6 Å². The minimum atomic E-state index is -2.86. The number of hydrogen-bond donors (Lipinski definition) is 2. The van der Waals surface area contributed by atoms with E-state index in [1.54, 1.807) is 0 Å². The molecule has 0 aromatic heterocycles. The molecule has 3 N–H and O–H groups in total. The van der Waals surface area contributed by atoms with Gasteiger partial charge in [0.05, 0.1) is 17.3 Å². The van der Waals surface area contributed by atoms with Gasteiger partial charge in [0.15, 0.2) is 9.84 Å². The third kappa shape index (κ3) is 5.71. The molecule has 5 nitrogen and oxygen atoms in total. The van der Waals surface area contributed by atoms with E-state index in [1.165, 1.54) is 11.8 Å². The first-order valence-corrected chi connectivity index (χ1v) is 9.55. The van der Waals surface area contributed by atoms with Gasteiger partial charge in [-0.15, -0.1) is 11.8 Å². The van der Waals surface area contributed by atoms with Crippen LogP contribution in [0, 0.1) is 0 Å². The van der Waals surface area contributed by atoms with E-state index in [0.29, 0.717) is 18.7 Å². The molecule has 19 heavy (non-hydrogen) atoms. The third-order valence-electron chi connectivity index (χ3n) is 3.69. The Morgan fingerprint density at radius 2 is 2.05 bits per heavy atom. The largest absolute Gasteiger partial charge is 0.354 e. The van der Waals surface area contributed by atoms with Gasteiger partial charge >= 0.3 is 0 Å². The predicted octanol–water partition coefficient (Wildman–Crippen LogP) is 0.540. The molecule has 1 saturated heterocycles. The van der Waals surface area contributed by atoms with Crippen LogP contribution in [-0.4, -0.2) is 48.9 Å². The molecule has 0 aromatic carbocycles. The first kappa shape index (κ1) is 16.8. The van der Waals surface area contributed by atoms with Crippen molar-refractivity contribution in [3.05, 3.63) is 0 Å². The normalized spacial score (nSPS) is 22.4. The Kier molecular flexibility index (Phi) is 6.14. The smallest absolute Gasteiger partial charge is 0.230 e. The Bertz CT molecular complexity index is 405. The summed E-state index contributed by atoms with van der Waals surface area (Å²) in [5.74, 6) is 0.703. The summed E-state index contributed by atoms with van der Waals surface area (Å²) in [6.07, 6.45) is 2.29. The molecule has 0 aliphatic carbocycles. The molecule has 0 saturated carbocycles. The third-order valence-corrected chi connectivity index (χ3v) is 6.97. The van der Waals surface area contributed by atoms with E-state index in [4.69, 9.17) is 5.73 Å². The first-order chi connectivity index (χ1) is 8.80. The summed E-state index contributed by atoms with van der Waals surface area (Å²) in [6.45, 7) is 4.49. The number of sulfone groups is 1. The molecule has 1 heterocycles. The number of carbonyl (C=O) groups excluding carboxylic acids is 1. The number of nitrogens with two attached hydrogens (primary N) is 1. The van der Waals surface area contributed by atoms with Crippen LogP contribution in [0.2, 0.25) is 0 Å². The summed E-state index contributed by atoms with van der Waals surface area (Å²) in [5.41, 5.74) is 5.76. The summed E-state index contributed by atoms with van der Waals surface area (Å²) >= 11 is 1.43. The zero-order valence-corrected chi connectivity index (χ0v) is 13.3. The number of hydrogen-bond acceptors (Lipinski definition) is 5. The van der Waals surface area contributed by atoms with E-state index in [-0.39, 0.29) is 28.2 Å². The fourth-order valence-corrected chi connectivity index (χ4v) is 5.38. The maximum atomic E-state index is 11.7. The Hall–Kier alpha value is -0.270. The SMILES string of the molecule is CCC(N)(CC)CNC(=O)CSC1CCS(=O)(=O)C1. The number of rotatable bonds is 7. The Morgan fingerprint density at radius 3 is 2.53 bits per heavy atom. The van der Waals surface area contributed by atoms with Crippen molar-refractivity contribution >= 4 is 27.5 Å². The molecule has 0 radical (unpaired) electrons. The summed E-state index contributed by atoms with van der Waals surface area (Å²) in [7, 11) is -2.86. The quantitative estimate of drug-likeness (QED) is 0.716. The van der Waals surface area contributed by atoms with Gasteiger partial charge in [-0.05, 0) is 19.3 Å². The maximum absolute atomic E-state index is 11.7. The fourth-order valence-electron chi connectivity index (χ4n) is 1.91. The van der Waals surface area contributed by atoms with Crippen LogP contribution in [0.25, 0.3) is 0 Å². The van der Waals surface area contributed by atoms with Gasteiger partial charge < -0.3 is 11.1 Å². The van der Waals surface area contributed by atoms with E-state index in [2.05, 4.69) is 5.32 Å². The lowest BCUT2D eigenvalue weighted by molar-refractivity contribution is -0.118. The zero-order chi connectivity index (χ0) is 14.5. The second-order valence-electron chi connectivity index (χ2n) is 5.18. The summed E-state index contributed by atoms with van der Waals surface area (Å²) < 4.78 is 22.6. The number of thioether (sulfide) groups is 1. The van der Waals surface area contributed by atoms with Gasteiger partial charge in [0, 0.05) is 17.3 Å². The summed E-state index contributed by atoms with van der Waals surface area (Å²) in [5, 5.41) is 2.90. The molecule has 7 heteroatoms. The van der Waals surface area contributed by atoms with Crippen molar-refractivity contribution in [2.75, 3.05) is 23.8 Å². The molecule has 1 amide bonds. The highest BCUT2D eigenvalue weighted by Gasteiger charge is 2.28. The van der Waals surface area contributed by atoms with Gasteiger partial charge in [0.2, 0.25) is 5.91 Å². The Labute approximate surface area is 120 Å². The van der Waals surface area contributed by atoms with Crippen molar-refractivity contribution in [1.29, 1.82) is 0 Å². The second kappa shape index (κ2) is 6.95. The lowest BCUT2D eigenvalue weighted by Crippen LogP contribution is -2.49. The second-order valence-corrected chi connectivity index (χ2v) is 8.70. The molecule has 112 valence electrons. The number of carbonyl (C=O) groups is 1. The molecule has 1 unspecified atom stereocenters. The van der Waals surface area contributed by atoms with E-state index in [0.717, 1.165) is 12.8 Å². The van der Waals surface area contributed by atoms with Crippen molar-refractivity contribution in [1.82, 2.24) is 5.32 Å². The zero-order valence-electron chi connectivity index (χ0n) is 11.6. The summed E-state index contributed by atoms with van der Waals surface area (Å²) in [6, 6.07) is 0. The van der Waals surface area contributed by atoms with Gasteiger partial charge in [-0.25, -0.2) is 8.42 Å². The molecular formula is C12H24N2O3S2. The highest BCUT2D eigenvalue weighted by molar-refractivity contribution is 8.02. The predicted molar refractivity (Wildman–Crippen MR) is 80.0 cm³/mol. The van der Waals surface area contributed by atoms with Gasteiger partial charge in [0.25, 0.3) is 0 Å². The fraction of sp³-hybridized carbons (Fsp3) is 0.917. The molecule has 1 atom stereocenters. The number of amides is 1. The lowest BCUT2D eigenvalue weighted by Gasteiger charge is -2.26. The van der Waals surface area contributed by atoms with Crippen LogP contribution >= 0.6 is 11.8 Å². The van der Waals surface area contributed by atoms with Gasteiger partial charge in [-0.2, -0.15) is 0 Å². The molecule has 0 spiro atoms. The molecule has 0 bridgehead atoms. The van der Waals surface area contributed by atoms with Gasteiger partial charge in [-0.3, -0.25) is 4.79 Å². The van der Waals surface area contributed by atoms with Crippen LogP contribution in [0.15, 0.2) is 0 Å². The minimum absolute atomic E-state index is 0.0639. The molecule has 1 fully saturated rings. The van der Waals surface area contributed by atoms with Crippen LogP contribution in [0.1, 0.15) is 33.1 Å². The first-order valence-electron chi connectivity index (χ1n) is 6.68. The van der Waals surface area contributed by atoms with Crippen molar-refractivity contribution in [3.63, 3.8) is 0 Å². The molecule has 1 rings (SSSR count). The van der Waals surface area contributed by atoms with Gasteiger partial charge in [-0.1, -0.05) is 13.8 Å². The number of nitrogens with one attached hydrogen (secondary N) is 1. The van der Waals surface area contributed by atoms with Crippen molar-refractivity contribution in [3.8, 4) is 0 Å². The van der Waals surface area contributed by atoms with Crippen LogP contribution in [0.5, 0.6) is 0 Å². The summed E-state index contributed by atoms with van der Waals surface area (Å²) in [4.78, 5) is 11.7. The molecular weight excluding hydrogens is 284 g/mol. The standard InChI is InChI=1S/C12H24N2O3S2/c1-3-12(13,4-2)9-14-11(15)7-18-10-5-6-19(16,17)8-10/h10H,3-9,13H2,1-2H3,(H,14,15). The monoisotopic (exact) mass is 308 g/mol.